The molecule has 0 fully saturated rings. The summed E-state index contributed by atoms with van der Waals surface area (Å²) in [6.07, 6.45) is 7.36. The molecule has 0 aliphatic carbocycles. The van der Waals surface area contributed by atoms with Crippen LogP contribution >= 0.6 is 0 Å². The van der Waals surface area contributed by atoms with Gasteiger partial charge in [0.15, 0.2) is 0 Å². The van der Waals surface area contributed by atoms with Crippen molar-refractivity contribution in [3.63, 3.8) is 0 Å². The number of fused-ring (bicyclic) bond motifs is 1. The minimum atomic E-state index is 0.971. The van der Waals surface area contributed by atoms with E-state index < -0.39 is 0 Å². The molecule has 0 bridgehead atoms. The molecular formula is C9H11N2. The Balaban J connectivity index is 2.33. The Morgan fingerprint density at radius 2 is 2.27 bits per heavy atom. The van der Waals surface area contributed by atoms with E-state index >= 15 is 0 Å². The van der Waals surface area contributed by atoms with Gasteiger partial charge in [-0.25, -0.2) is 0 Å². The topological polar surface area (TPSA) is 27.0 Å². The van der Waals surface area contributed by atoms with Gasteiger partial charge in [-0.1, -0.05) is 0 Å². The van der Waals surface area contributed by atoms with Crippen LogP contribution in [0.4, 0.5) is 5.69 Å². The van der Waals surface area contributed by atoms with Gasteiger partial charge in [0.05, 0.1) is 11.9 Å². The minimum absolute atomic E-state index is 0.971. The van der Waals surface area contributed by atoms with Crippen molar-refractivity contribution in [1.29, 1.82) is 0 Å². The summed E-state index contributed by atoms with van der Waals surface area (Å²) in [6, 6.07) is 2.07. The van der Waals surface area contributed by atoms with E-state index in [4.69, 9.17) is 0 Å². The van der Waals surface area contributed by atoms with Crippen LogP contribution in [0, 0.1) is 0 Å². The predicted molar refractivity (Wildman–Crippen MR) is 43.8 cm³/mol. The SMILES string of the molecule is c1cc2c(cn1)[N]CCCC2. The number of hydrogen-bond acceptors (Lipinski definition) is 1. The van der Waals surface area contributed by atoms with E-state index in [0.717, 1.165) is 12.2 Å². The predicted octanol–water partition coefficient (Wildman–Crippen LogP) is 1.65. The Hall–Kier alpha value is -1.05. The number of hydrogen-bond donors (Lipinski definition) is 0. The summed E-state index contributed by atoms with van der Waals surface area (Å²) in [5.74, 6) is 0. The molecule has 57 valence electrons. The van der Waals surface area contributed by atoms with Crippen molar-refractivity contribution in [1.82, 2.24) is 10.3 Å². The van der Waals surface area contributed by atoms with Gasteiger partial charge in [0, 0.05) is 12.7 Å². The van der Waals surface area contributed by atoms with E-state index in [1.54, 1.807) is 0 Å². The van der Waals surface area contributed by atoms with Gasteiger partial charge < -0.3 is 0 Å². The first-order valence-electron chi connectivity index (χ1n) is 4.07. The summed E-state index contributed by atoms with van der Waals surface area (Å²) < 4.78 is 0. The van der Waals surface area contributed by atoms with Gasteiger partial charge in [-0.05, 0) is 30.9 Å². The van der Waals surface area contributed by atoms with E-state index in [-0.39, 0.29) is 0 Å². The van der Waals surface area contributed by atoms with Crippen LogP contribution in [-0.2, 0) is 6.42 Å². The Kier molecular flexibility index (Phi) is 1.76. The highest BCUT2D eigenvalue weighted by Gasteiger charge is 2.06. The quantitative estimate of drug-likeness (QED) is 0.548. The van der Waals surface area contributed by atoms with E-state index in [9.17, 15) is 0 Å². The van der Waals surface area contributed by atoms with E-state index in [1.165, 1.54) is 24.8 Å². The van der Waals surface area contributed by atoms with E-state index in [1.807, 2.05) is 12.4 Å². The number of aryl methyl sites for hydroxylation is 1. The van der Waals surface area contributed by atoms with Crippen LogP contribution in [0.1, 0.15) is 18.4 Å². The molecule has 1 aromatic rings. The lowest BCUT2D eigenvalue weighted by molar-refractivity contribution is 0.726. The molecule has 0 spiro atoms. The number of aromatic nitrogens is 1. The van der Waals surface area contributed by atoms with Crippen LogP contribution in [0.15, 0.2) is 18.5 Å². The molecule has 11 heavy (non-hydrogen) atoms. The zero-order valence-corrected chi connectivity index (χ0v) is 6.45. The van der Waals surface area contributed by atoms with Crippen LogP contribution in [0.5, 0.6) is 0 Å². The fraction of sp³-hybridized carbons (Fsp3) is 0.444. The van der Waals surface area contributed by atoms with Gasteiger partial charge in [0.2, 0.25) is 0 Å². The summed E-state index contributed by atoms with van der Waals surface area (Å²) >= 11 is 0. The van der Waals surface area contributed by atoms with Gasteiger partial charge in [-0.3, -0.25) is 10.3 Å². The molecule has 0 aromatic carbocycles. The molecule has 1 aliphatic rings. The third kappa shape index (κ3) is 1.34. The fourth-order valence-corrected chi connectivity index (χ4v) is 1.40. The monoisotopic (exact) mass is 147 g/mol. The fourth-order valence-electron chi connectivity index (χ4n) is 1.40. The summed E-state index contributed by atoms with van der Waals surface area (Å²) in [7, 11) is 0. The van der Waals surface area contributed by atoms with Crippen LogP contribution in [0.2, 0.25) is 0 Å². The lowest BCUT2D eigenvalue weighted by atomic mass is 10.1. The van der Waals surface area contributed by atoms with E-state index in [2.05, 4.69) is 16.4 Å². The van der Waals surface area contributed by atoms with Crippen LogP contribution in [0.3, 0.4) is 0 Å². The van der Waals surface area contributed by atoms with Gasteiger partial charge in [0.25, 0.3) is 0 Å². The highest BCUT2D eigenvalue weighted by Crippen LogP contribution is 2.19. The molecule has 0 atom stereocenters. The van der Waals surface area contributed by atoms with Crippen molar-refractivity contribution in [2.24, 2.45) is 0 Å². The molecule has 0 saturated heterocycles. The van der Waals surface area contributed by atoms with Crippen molar-refractivity contribution in [3.8, 4) is 0 Å². The molecule has 0 saturated carbocycles. The summed E-state index contributed by atoms with van der Waals surface area (Å²) in [5.41, 5.74) is 2.46. The van der Waals surface area contributed by atoms with Crippen molar-refractivity contribution in [2.75, 3.05) is 6.54 Å². The Morgan fingerprint density at radius 1 is 1.27 bits per heavy atom. The van der Waals surface area contributed by atoms with Gasteiger partial charge in [-0.2, -0.15) is 0 Å². The second-order valence-electron chi connectivity index (χ2n) is 2.84. The Bertz CT molecular complexity index is 220. The van der Waals surface area contributed by atoms with Gasteiger partial charge in [-0.15, -0.1) is 0 Å². The molecule has 2 heteroatoms. The summed E-state index contributed by atoms with van der Waals surface area (Å²) in [6.45, 7) is 0.971. The molecule has 0 N–H and O–H groups in total. The molecule has 2 heterocycles. The highest BCUT2D eigenvalue weighted by atomic mass is 14.9. The summed E-state index contributed by atoms with van der Waals surface area (Å²) in [5, 5.41) is 4.42. The average Bonchev–Trinajstić information content (AvgIpc) is 2.28. The maximum absolute atomic E-state index is 4.42. The first-order valence-corrected chi connectivity index (χ1v) is 4.07. The van der Waals surface area contributed by atoms with Gasteiger partial charge in [0.1, 0.15) is 0 Å². The third-order valence-electron chi connectivity index (χ3n) is 2.02. The maximum Gasteiger partial charge on any atom is 0.0789 e. The first-order chi connectivity index (χ1) is 5.47. The molecule has 1 aromatic heterocycles. The van der Waals surface area contributed by atoms with Crippen molar-refractivity contribution < 1.29 is 0 Å². The van der Waals surface area contributed by atoms with Crippen LogP contribution in [-0.4, -0.2) is 11.5 Å². The minimum Gasteiger partial charge on any atom is -0.283 e. The van der Waals surface area contributed by atoms with Crippen molar-refractivity contribution >= 4 is 5.69 Å². The first kappa shape index (κ1) is 6.65. The van der Waals surface area contributed by atoms with E-state index in [0.29, 0.717) is 0 Å². The molecule has 1 radical (unpaired) electrons. The standard InChI is InChI=1S/C9H11N2/c1-2-5-11-9-7-10-6-4-8(9)3-1/h4,6-7H,1-3,5H2. The van der Waals surface area contributed by atoms with Crippen LogP contribution < -0.4 is 5.32 Å². The molecular weight excluding hydrogens is 136 g/mol. The third-order valence-corrected chi connectivity index (χ3v) is 2.02. The second kappa shape index (κ2) is 2.91. The molecule has 1 aliphatic heterocycles. The van der Waals surface area contributed by atoms with Gasteiger partial charge >= 0.3 is 0 Å². The van der Waals surface area contributed by atoms with Crippen molar-refractivity contribution in [2.45, 2.75) is 19.3 Å². The normalized spacial score (nSPS) is 16.4. The Labute approximate surface area is 66.7 Å². The maximum atomic E-state index is 4.42. The summed E-state index contributed by atoms with van der Waals surface area (Å²) in [4.78, 5) is 4.05. The highest BCUT2D eigenvalue weighted by molar-refractivity contribution is 5.42. The van der Waals surface area contributed by atoms with Crippen LogP contribution in [0.25, 0.3) is 0 Å². The largest absolute Gasteiger partial charge is 0.283 e. The number of rotatable bonds is 0. The Morgan fingerprint density at radius 3 is 3.27 bits per heavy atom. The molecule has 2 nitrogen and oxygen atoms in total. The molecule has 2 rings (SSSR count). The second-order valence-corrected chi connectivity index (χ2v) is 2.84. The zero-order valence-electron chi connectivity index (χ0n) is 6.45. The lowest BCUT2D eigenvalue weighted by Gasteiger charge is -2.01. The molecule has 0 unspecified atom stereocenters. The lowest BCUT2D eigenvalue weighted by Crippen LogP contribution is -1.97. The van der Waals surface area contributed by atoms with Crippen molar-refractivity contribution in [3.05, 3.63) is 24.0 Å². The number of nitrogens with zero attached hydrogens (tertiary/aromatic N) is 2. The average molecular weight is 147 g/mol. The number of pyridine rings is 1. The zero-order chi connectivity index (χ0) is 7.52. The molecule has 0 amide bonds. The smallest absolute Gasteiger partial charge is 0.0789 e.